The molecule has 1 aliphatic rings. The van der Waals surface area contributed by atoms with Crippen LogP contribution in [-0.2, 0) is 0 Å². The number of benzene rings is 1. The van der Waals surface area contributed by atoms with Gasteiger partial charge in [0.25, 0.3) is 5.91 Å². The molecule has 5 heteroatoms. The average molecular weight is 343 g/mol. The van der Waals surface area contributed by atoms with Crippen molar-refractivity contribution < 1.29 is 4.79 Å². The number of carbonyl (C=O) groups is 1. The number of thiazole rings is 1. The predicted molar refractivity (Wildman–Crippen MR) is 99.4 cm³/mol. The summed E-state index contributed by atoms with van der Waals surface area (Å²) in [5, 5.41) is 0.922. The molecule has 1 aliphatic carbocycles. The summed E-state index contributed by atoms with van der Waals surface area (Å²) in [7, 11) is 0. The molecule has 3 rings (SSSR count). The fourth-order valence-corrected chi connectivity index (χ4v) is 3.75. The van der Waals surface area contributed by atoms with E-state index in [2.05, 4.69) is 37.0 Å². The van der Waals surface area contributed by atoms with Crippen molar-refractivity contribution in [2.24, 2.45) is 11.7 Å². The Morgan fingerprint density at radius 3 is 2.67 bits per heavy atom. The van der Waals surface area contributed by atoms with Crippen LogP contribution < -0.4 is 5.73 Å². The van der Waals surface area contributed by atoms with Gasteiger partial charge in [-0.05, 0) is 56.2 Å². The molecular formula is C19H25N3OS. The summed E-state index contributed by atoms with van der Waals surface area (Å²) in [6.45, 7) is 8.04. The van der Waals surface area contributed by atoms with Gasteiger partial charge in [0.05, 0.1) is 9.88 Å². The first kappa shape index (κ1) is 17.1. The first-order chi connectivity index (χ1) is 11.5. The van der Waals surface area contributed by atoms with Crippen LogP contribution in [0.25, 0.3) is 10.4 Å². The number of hydrogen-bond acceptors (Lipinski definition) is 4. The number of aromatic nitrogens is 1. The first-order valence-corrected chi connectivity index (χ1v) is 9.35. The van der Waals surface area contributed by atoms with Gasteiger partial charge in [0.15, 0.2) is 0 Å². The third-order valence-electron chi connectivity index (χ3n) is 4.57. The van der Waals surface area contributed by atoms with Crippen LogP contribution in [0.1, 0.15) is 39.5 Å². The van der Waals surface area contributed by atoms with Gasteiger partial charge in [0.1, 0.15) is 5.69 Å². The van der Waals surface area contributed by atoms with Crippen molar-refractivity contribution in [1.29, 1.82) is 0 Å². The Hall–Kier alpha value is -1.72. The van der Waals surface area contributed by atoms with E-state index in [1.807, 2.05) is 11.8 Å². The minimum atomic E-state index is 0.0185. The molecule has 1 aromatic heterocycles. The van der Waals surface area contributed by atoms with Crippen molar-refractivity contribution in [1.82, 2.24) is 9.88 Å². The normalized spacial score (nSPS) is 14.0. The standard InChI is InChI=1S/C19H25N3OS/c1-12-4-7-16(10-13(12)2)18-17(21-14(3)24-18)19(23)22(9-8-20)11-15-5-6-15/h4,7,10,15H,5-6,8-9,11,20H2,1-3H3. The Balaban J connectivity index is 1.94. The Kier molecular flexibility index (Phi) is 5.01. The average Bonchev–Trinajstić information content (AvgIpc) is 3.28. The summed E-state index contributed by atoms with van der Waals surface area (Å²) in [4.78, 5) is 20.5. The molecule has 2 aromatic rings. The topological polar surface area (TPSA) is 59.2 Å². The van der Waals surface area contributed by atoms with Crippen LogP contribution in [0.4, 0.5) is 0 Å². The van der Waals surface area contributed by atoms with Gasteiger partial charge in [-0.25, -0.2) is 4.98 Å². The lowest BCUT2D eigenvalue weighted by Crippen LogP contribution is -2.37. The minimum Gasteiger partial charge on any atom is -0.336 e. The van der Waals surface area contributed by atoms with Crippen molar-refractivity contribution >= 4 is 17.2 Å². The maximum absolute atomic E-state index is 13.1. The summed E-state index contributed by atoms with van der Waals surface area (Å²) in [6.07, 6.45) is 2.43. The fraction of sp³-hybridized carbons (Fsp3) is 0.474. The third kappa shape index (κ3) is 3.68. The SMILES string of the molecule is Cc1nc(C(=O)N(CCN)CC2CC2)c(-c2ccc(C)c(C)c2)s1. The second kappa shape index (κ2) is 7.03. The number of aryl methyl sites for hydroxylation is 3. The highest BCUT2D eigenvalue weighted by atomic mass is 32.1. The molecule has 1 aromatic carbocycles. The van der Waals surface area contributed by atoms with E-state index in [1.165, 1.54) is 24.0 Å². The zero-order chi connectivity index (χ0) is 17.3. The summed E-state index contributed by atoms with van der Waals surface area (Å²) in [5.41, 5.74) is 9.86. The maximum atomic E-state index is 13.1. The van der Waals surface area contributed by atoms with E-state index >= 15 is 0 Å². The number of carbonyl (C=O) groups excluding carboxylic acids is 1. The van der Waals surface area contributed by atoms with Crippen molar-refractivity contribution in [2.75, 3.05) is 19.6 Å². The fourth-order valence-electron chi connectivity index (χ4n) is 2.84. The molecule has 0 saturated heterocycles. The molecule has 128 valence electrons. The second-order valence-corrected chi connectivity index (χ2v) is 7.90. The van der Waals surface area contributed by atoms with Gasteiger partial charge in [-0.2, -0.15) is 0 Å². The summed E-state index contributed by atoms with van der Waals surface area (Å²) < 4.78 is 0. The zero-order valence-corrected chi connectivity index (χ0v) is 15.4. The van der Waals surface area contributed by atoms with E-state index in [0.29, 0.717) is 24.7 Å². The lowest BCUT2D eigenvalue weighted by Gasteiger charge is -2.21. The number of nitrogens with zero attached hydrogens (tertiary/aromatic N) is 2. The monoisotopic (exact) mass is 343 g/mol. The lowest BCUT2D eigenvalue weighted by atomic mass is 10.0. The molecule has 0 unspecified atom stereocenters. The quantitative estimate of drug-likeness (QED) is 0.872. The lowest BCUT2D eigenvalue weighted by molar-refractivity contribution is 0.0748. The summed E-state index contributed by atoms with van der Waals surface area (Å²) in [6, 6.07) is 6.34. The predicted octanol–water partition coefficient (Wildman–Crippen LogP) is 3.55. The molecule has 24 heavy (non-hydrogen) atoms. The van der Waals surface area contributed by atoms with Gasteiger partial charge in [0.2, 0.25) is 0 Å². The molecule has 0 aliphatic heterocycles. The molecule has 0 spiro atoms. The number of amides is 1. The smallest absolute Gasteiger partial charge is 0.274 e. The van der Waals surface area contributed by atoms with Crippen LogP contribution in [0.15, 0.2) is 18.2 Å². The molecule has 1 heterocycles. The minimum absolute atomic E-state index is 0.0185. The Bertz CT molecular complexity index is 749. The highest BCUT2D eigenvalue weighted by molar-refractivity contribution is 7.15. The van der Waals surface area contributed by atoms with Gasteiger partial charge >= 0.3 is 0 Å². The molecule has 0 bridgehead atoms. The van der Waals surface area contributed by atoms with Crippen molar-refractivity contribution in [3.05, 3.63) is 40.0 Å². The molecule has 4 nitrogen and oxygen atoms in total. The molecule has 1 fully saturated rings. The second-order valence-electron chi connectivity index (χ2n) is 6.69. The maximum Gasteiger partial charge on any atom is 0.274 e. The van der Waals surface area contributed by atoms with E-state index < -0.39 is 0 Å². The van der Waals surface area contributed by atoms with E-state index in [0.717, 1.165) is 22.0 Å². The molecule has 1 amide bonds. The number of nitrogens with two attached hydrogens (primary N) is 1. The summed E-state index contributed by atoms with van der Waals surface area (Å²) >= 11 is 1.59. The number of rotatable bonds is 6. The molecule has 1 saturated carbocycles. The first-order valence-electron chi connectivity index (χ1n) is 8.54. The largest absolute Gasteiger partial charge is 0.336 e. The van der Waals surface area contributed by atoms with E-state index in [9.17, 15) is 4.79 Å². The highest BCUT2D eigenvalue weighted by Gasteiger charge is 2.29. The molecular weight excluding hydrogens is 318 g/mol. The van der Waals surface area contributed by atoms with Crippen molar-refractivity contribution in [3.63, 3.8) is 0 Å². The Morgan fingerprint density at radius 1 is 1.29 bits per heavy atom. The van der Waals surface area contributed by atoms with Gasteiger partial charge < -0.3 is 10.6 Å². The van der Waals surface area contributed by atoms with Crippen LogP contribution in [0.5, 0.6) is 0 Å². The van der Waals surface area contributed by atoms with Crippen LogP contribution in [0.2, 0.25) is 0 Å². The zero-order valence-electron chi connectivity index (χ0n) is 14.6. The van der Waals surface area contributed by atoms with Crippen LogP contribution in [0.3, 0.4) is 0 Å². The third-order valence-corrected chi connectivity index (χ3v) is 5.59. The summed E-state index contributed by atoms with van der Waals surface area (Å²) in [5.74, 6) is 0.662. The number of hydrogen-bond donors (Lipinski definition) is 1. The Morgan fingerprint density at radius 2 is 2.04 bits per heavy atom. The van der Waals surface area contributed by atoms with Crippen molar-refractivity contribution in [3.8, 4) is 10.4 Å². The van der Waals surface area contributed by atoms with Crippen LogP contribution in [-0.4, -0.2) is 35.4 Å². The highest BCUT2D eigenvalue weighted by Crippen LogP contribution is 2.34. The van der Waals surface area contributed by atoms with Gasteiger partial charge in [0, 0.05) is 19.6 Å². The van der Waals surface area contributed by atoms with E-state index in [4.69, 9.17) is 5.73 Å². The Labute approximate surface area is 147 Å². The van der Waals surface area contributed by atoms with Gasteiger partial charge in [-0.15, -0.1) is 11.3 Å². The van der Waals surface area contributed by atoms with Gasteiger partial charge in [-0.1, -0.05) is 18.2 Å². The van der Waals surface area contributed by atoms with Crippen LogP contribution >= 0.6 is 11.3 Å². The van der Waals surface area contributed by atoms with E-state index in [-0.39, 0.29) is 5.91 Å². The van der Waals surface area contributed by atoms with E-state index in [1.54, 1.807) is 11.3 Å². The molecule has 2 N–H and O–H groups in total. The van der Waals surface area contributed by atoms with Crippen LogP contribution in [0, 0.1) is 26.7 Å². The van der Waals surface area contributed by atoms with Gasteiger partial charge in [-0.3, -0.25) is 4.79 Å². The molecule has 0 radical (unpaired) electrons. The van der Waals surface area contributed by atoms with Crippen molar-refractivity contribution in [2.45, 2.75) is 33.6 Å². The molecule has 0 atom stereocenters.